The van der Waals surface area contributed by atoms with Crippen LogP contribution in [0.1, 0.15) is 76.8 Å². The molecule has 0 bridgehead atoms. The van der Waals surface area contributed by atoms with E-state index in [9.17, 15) is 4.79 Å². The number of fused-ring (bicyclic) bond motifs is 1. The molecule has 1 aliphatic heterocycles. The van der Waals surface area contributed by atoms with Crippen molar-refractivity contribution in [3.05, 3.63) is 62.9 Å². The van der Waals surface area contributed by atoms with Crippen LogP contribution in [0.4, 0.5) is 5.82 Å². The number of aromatic nitrogens is 1. The summed E-state index contributed by atoms with van der Waals surface area (Å²) in [5.74, 6) is 0.856. The molecule has 1 aliphatic rings. The van der Waals surface area contributed by atoms with Crippen LogP contribution in [-0.4, -0.2) is 10.3 Å². The maximum atomic E-state index is 12.5. The minimum Gasteiger partial charge on any atom is -0.333 e. The topological polar surface area (TPSA) is 34.4 Å². The fraction of sp³-hybridized carbons (Fsp3) is 0.478. The molecule has 144 valence electrons. The average Bonchev–Trinajstić information content (AvgIpc) is 3.07. The summed E-state index contributed by atoms with van der Waals surface area (Å²) < 4.78 is 2.03. The van der Waals surface area contributed by atoms with Crippen molar-refractivity contribution < 1.29 is 0 Å². The summed E-state index contributed by atoms with van der Waals surface area (Å²) in [6, 6.07) is 10.1. The molecule has 26 heavy (non-hydrogen) atoms. The number of pyridine rings is 1. The second kappa shape index (κ2) is 11.5. The number of hydrogen-bond acceptors (Lipinski definition) is 2. The van der Waals surface area contributed by atoms with Crippen molar-refractivity contribution in [3.8, 4) is 0 Å². The minimum atomic E-state index is 0.0467. The van der Waals surface area contributed by atoms with Crippen LogP contribution in [0.3, 0.4) is 0 Å². The molecule has 1 aromatic heterocycles. The summed E-state index contributed by atoms with van der Waals surface area (Å²) in [6.45, 7) is 17.9. The fourth-order valence-electron chi connectivity index (χ4n) is 2.86. The smallest absolute Gasteiger partial charge is 0.190 e. The highest BCUT2D eigenvalue weighted by molar-refractivity contribution is 6.09. The van der Waals surface area contributed by atoms with Gasteiger partial charge in [-0.25, -0.2) is 4.99 Å². The van der Waals surface area contributed by atoms with Gasteiger partial charge in [0.05, 0.1) is 11.3 Å². The van der Waals surface area contributed by atoms with Crippen LogP contribution in [0, 0.1) is 13.8 Å². The molecule has 1 aromatic carbocycles. The molecular formula is C23H36N2O. The molecular weight excluding hydrogens is 320 g/mol. The quantitative estimate of drug-likeness (QED) is 0.589. The van der Waals surface area contributed by atoms with Crippen LogP contribution in [0.2, 0.25) is 0 Å². The fourth-order valence-corrected chi connectivity index (χ4v) is 2.86. The first-order valence-corrected chi connectivity index (χ1v) is 9.86. The van der Waals surface area contributed by atoms with Gasteiger partial charge in [-0.05, 0) is 19.4 Å². The zero-order chi connectivity index (χ0) is 20.4. The number of rotatable bonds is 1. The number of aliphatic imine (C=N–C) groups is 1. The lowest BCUT2D eigenvalue weighted by Gasteiger charge is -2.13. The van der Waals surface area contributed by atoms with Gasteiger partial charge >= 0.3 is 0 Å². The minimum absolute atomic E-state index is 0.0467. The van der Waals surface area contributed by atoms with E-state index in [0.29, 0.717) is 0 Å². The van der Waals surface area contributed by atoms with Gasteiger partial charge in [-0.3, -0.25) is 4.79 Å². The molecule has 0 saturated heterocycles. The lowest BCUT2D eigenvalue weighted by molar-refractivity contribution is 0.829. The third-order valence-corrected chi connectivity index (χ3v) is 4.33. The predicted molar refractivity (Wildman–Crippen MR) is 116 cm³/mol. The molecule has 3 heteroatoms. The lowest BCUT2D eigenvalue weighted by Crippen LogP contribution is -2.20. The number of nitrogens with zero attached hydrogens (tertiary/aromatic N) is 2. The van der Waals surface area contributed by atoms with Crippen molar-refractivity contribution >= 4 is 11.5 Å². The van der Waals surface area contributed by atoms with E-state index in [1.54, 1.807) is 0 Å². The van der Waals surface area contributed by atoms with E-state index in [4.69, 9.17) is 4.99 Å². The largest absolute Gasteiger partial charge is 0.333 e. The van der Waals surface area contributed by atoms with Gasteiger partial charge in [0.15, 0.2) is 5.43 Å². The van der Waals surface area contributed by atoms with Gasteiger partial charge in [-0.2, -0.15) is 0 Å². The highest BCUT2D eigenvalue weighted by Crippen LogP contribution is 2.35. The Morgan fingerprint density at radius 3 is 1.92 bits per heavy atom. The summed E-state index contributed by atoms with van der Waals surface area (Å²) in [6.07, 6.45) is 0. The van der Waals surface area contributed by atoms with Gasteiger partial charge in [-0.1, -0.05) is 78.8 Å². The third kappa shape index (κ3) is 4.51. The van der Waals surface area contributed by atoms with Crippen molar-refractivity contribution in [2.45, 2.75) is 68.2 Å². The summed E-state index contributed by atoms with van der Waals surface area (Å²) in [5.41, 5.74) is 4.85. The average molecular weight is 357 g/mol. The molecule has 0 aliphatic carbocycles. The van der Waals surface area contributed by atoms with Gasteiger partial charge < -0.3 is 4.57 Å². The molecule has 0 radical (unpaired) electrons. The van der Waals surface area contributed by atoms with Gasteiger partial charge in [0.2, 0.25) is 0 Å². The number of benzene rings is 1. The van der Waals surface area contributed by atoms with Crippen molar-refractivity contribution in [1.82, 2.24) is 4.57 Å². The maximum absolute atomic E-state index is 12.5. The zero-order valence-electron chi connectivity index (χ0n) is 18.3. The Kier molecular flexibility index (Phi) is 10.5. The van der Waals surface area contributed by atoms with Gasteiger partial charge in [0.25, 0.3) is 0 Å². The molecule has 1 atom stereocenters. The van der Waals surface area contributed by atoms with Crippen molar-refractivity contribution in [2.75, 3.05) is 0 Å². The van der Waals surface area contributed by atoms with E-state index < -0.39 is 0 Å². The molecule has 0 saturated carbocycles. The molecule has 1 unspecified atom stereocenters. The molecule has 0 fully saturated rings. The maximum Gasteiger partial charge on any atom is 0.190 e. The second-order valence-corrected chi connectivity index (χ2v) is 5.42. The Morgan fingerprint density at radius 2 is 1.42 bits per heavy atom. The van der Waals surface area contributed by atoms with E-state index in [-0.39, 0.29) is 11.3 Å². The van der Waals surface area contributed by atoms with E-state index >= 15 is 0 Å². The van der Waals surface area contributed by atoms with Crippen LogP contribution in [0.15, 0.2) is 40.1 Å². The zero-order valence-corrected chi connectivity index (χ0v) is 18.3. The number of hydrogen-bond donors (Lipinski definition) is 0. The summed E-state index contributed by atoms with van der Waals surface area (Å²) in [7, 11) is 1.98. The molecule has 0 amide bonds. The summed E-state index contributed by atoms with van der Waals surface area (Å²) >= 11 is 0. The van der Waals surface area contributed by atoms with Crippen molar-refractivity contribution in [1.29, 1.82) is 0 Å². The van der Waals surface area contributed by atoms with Crippen molar-refractivity contribution in [3.63, 3.8) is 0 Å². The van der Waals surface area contributed by atoms with Crippen molar-refractivity contribution in [2.24, 2.45) is 12.0 Å². The standard InChI is InChI=1S/C17H18N2O.3C2H6/c1-10-12(3)19(4)17-14(16(10)20)11(2)15(18-17)13-8-6-5-7-9-13;3*1-2/h5-9,11H,1-4H3;3*1-2H3. The molecule has 0 N–H and O–H groups in total. The molecule has 2 heterocycles. The Bertz CT molecular complexity index is 771. The normalized spacial score (nSPS) is 13.8. The van der Waals surface area contributed by atoms with Crippen LogP contribution >= 0.6 is 0 Å². The lowest BCUT2D eigenvalue weighted by atomic mass is 9.93. The SMILES string of the molecule is CC.CC.CC.Cc1c(C)n(C)c2c(c1=O)C(C)C(c1ccccc1)=N2. The van der Waals surface area contributed by atoms with E-state index in [1.165, 1.54) is 0 Å². The molecule has 0 spiro atoms. The first kappa shape index (κ1) is 23.8. The Balaban J connectivity index is 0.000000948. The summed E-state index contributed by atoms with van der Waals surface area (Å²) in [5, 5.41) is 0. The van der Waals surface area contributed by atoms with Crippen LogP contribution in [-0.2, 0) is 7.05 Å². The third-order valence-electron chi connectivity index (χ3n) is 4.33. The highest BCUT2D eigenvalue weighted by atomic mass is 16.1. The highest BCUT2D eigenvalue weighted by Gasteiger charge is 2.30. The first-order chi connectivity index (χ1) is 12.5. The molecule has 3 rings (SSSR count). The Labute approximate surface area is 159 Å². The van der Waals surface area contributed by atoms with Crippen LogP contribution < -0.4 is 5.43 Å². The monoisotopic (exact) mass is 356 g/mol. The van der Waals surface area contributed by atoms with Gasteiger partial charge in [0, 0.05) is 24.2 Å². The van der Waals surface area contributed by atoms with E-state index in [1.807, 2.05) is 97.3 Å². The molecule has 3 nitrogen and oxygen atoms in total. The Hall–Kier alpha value is -2.16. The summed E-state index contributed by atoms with van der Waals surface area (Å²) in [4.78, 5) is 17.3. The van der Waals surface area contributed by atoms with E-state index in [2.05, 4.69) is 6.92 Å². The van der Waals surface area contributed by atoms with Crippen LogP contribution in [0.25, 0.3) is 0 Å². The molecule has 2 aromatic rings. The van der Waals surface area contributed by atoms with Gasteiger partial charge in [0.1, 0.15) is 5.82 Å². The second-order valence-electron chi connectivity index (χ2n) is 5.42. The Morgan fingerprint density at radius 1 is 0.923 bits per heavy atom. The first-order valence-electron chi connectivity index (χ1n) is 9.86. The van der Waals surface area contributed by atoms with Crippen LogP contribution in [0.5, 0.6) is 0 Å². The van der Waals surface area contributed by atoms with E-state index in [0.717, 1.165) is 33.9 Å². The predicted octanol–water partition coefficient (Wildman–Crippen LogP) is 6.32. The van der Waals surface area contributed by atoms with Gasteiger partial charge in [-0.15, -0.1) is 0 Å².